The van der Waals surface area contributed by atoms with E-state index in [1.54, 1.807) is 23.6 Å². The molecule has 1 atom stereocenters. The van der Waals surface area contributed by atoms with Crippen LogP contribution in [0.2, 0.25) is 0 Å². The average molecular weight is 354 g/mol. The Bertz CT molecular complexity index is 980. The molecule has 6 heteroatoms. The summed E-state index contributed by atoms with van der Waals surface area (Å²) in [7, 11) is 1.35. The third kappa shape index (κ3) is 3.44. The molecule has 25 heavy (non-hydrogen) atoms. The summed E-state index contributed by atoms with van der Waals surface area (Å²) in [6.45, 7) is 3.72. The van der Waals surface area contributed by atoms with Gasteiger partial charge < -0.3 is 4.74 Å². The van der Waals surface area contributed by atoms with Crippen molar-refractivity contribution in [1.82, 2.24) is 9.55 Å². The summed E-state index contributed by atoms with van der Waals surface area (Å²) in [5.41, 5.74) is 2.26. The monoisotopic (exact) mass is 354 g/mol. The number of ether oxygens (including phenoxy) is 1. The van der Waals surface area contributed by atoms with Crippen molar-refractivity contribution in [2.24, 2.45) is 0 Å². The molecule has 0 amide bonds. The molecule has 128 valence electrons. The maximum absolute atomic E-state index is 13.0. The quantitative estimate of drug-likeness (QED) is 0.408. The van der Waals surface area contributed by atoms with Crippen LogP contribution in [0.25, 0.3) is 16.6 Å². The maximum Gasteiger partial charge on any atom is 0.318 e. The molecule has 0 bridgehead atoms. The van der Waals surface area contributed by atoms with Crippen LogP contribution in [0.1, 0.15) is 12.5 Å². The van der Waals surface area contributed by atoms with Gasteiger partial charge in [0.05, 0.1) is 23.7 Å². The van der Waals surface area contributed by atoms with Crippen LogP contribution >= 0.6 is 11.8 Å². The first-order valence-electron chi connectivity index (χ1n) is 7.84. The molecule has 0 spiro atoms. The molecule has 0 fully saturated rings. The van der Waals surface area contributed by atoms with E-state index in [4.69, 9.17) is 4.74 Å². The fourth-order valence-electron chi connectivity index (χ4n) is 2.49. The Hall–Kier alpha value is -2.60. The lowest BCUT2D eigenvalue weighted by molar-refractivity contribution is -0.139. The summed E-state index contributed by atoms with van der Waals surface area (Å²) in [5.74, 6) is -0.358. The number of nitrogens with zero attached hydrogens (tertiary/aromatic N) is 2. The van der Waals surface area contributed by atoms with Crippen LogP contribution in [0, 0.1) is 6.92 Å². The fraction of sp³-hybridized carbons (Fsp3) is 0.211. The summed E-state index contributed by atoms with van der Waals surface area (Å²) in [5, 5.41) is 0.526. The maximum atomic E-state index is 13.0. The van der Waals surface area contributed by atoms with Gasteiger partial charge >= 0.3 is 5.97 Å². The topological polar surface area (TPSA) is 61.2 Å². The van der Waals surface area contributed by atoms with Crippen molar-refractivity contribution in [3.05, 3.63) is 64.4 Å². The highest BCUT2D eigenvalue weighted by atomic mass is 32.2. The second-order valence-electron chi connectivity index (χ2n) is 5.67. The van der Waals surface area contributed by atoms with Gasteiger partial charge in [-0.1, -0.05) is 41.6 Å². The number of thioether (sulfide) groups is 1. The Morgan fingerprint density at radius 2 is 1.84 bits per heavy atom. The molecule has 5 nitrogen and oxygen atoms in total. The molecule has 0 aliphatic heterocycles. The summed E-state index contributed by atoms with van der Waals surface area (Å²) in [4.78, 5) is 29.5. The zero-order valence-corrected chi connectivity index (χ0v) is 15.0. The van der Waals surface area contributed by atoms with Gasteiger partial charge in [-0.15, -0.1) is 0 Å². The lowest BCUT2D eigenvalue weighted by atomic mass is 10.2. The Morgan fingerprint density at radius 3 is 2.52 bits per heavy atom. The Labute approximate surface area is 149 Å². The minimum atomic E-state index is -0.477. The van der Waals surface area contributed by atoms with Crippen LogP contribution in [0.5, 0.6) is 0 Å². The second kappa shape index (κ2) is 7.11. The molecule has 2 aromatic carbocycles. The highest BCUT2D eigenvalue weighted by molar-refractivity contribution is 8.00. The third-order valence-electron chi connectivity index (χ3n) is 3.85. The molecule has 3 rings (SSSR count). The highest BCUT2D eigenvalue weighted by Gasteiger charge is 2.20. The number of carbonyl (C=O) groups is 1. The largest absolute Gasteiger partial charge is 0.468 e. The van der Waals surface area contributed by atoms with Crippen molar-refractivity contribution in [3.8, 4) is 5.69 Å². The van der Waals surface area contributed by atoms with Crippen LogP contribution in [0.3, 0.4) is 0 Å². The van der Waals surface area contributed by atoms with Crippen LogP contribution in [0.4, 0.5) is 0 Å². The summed E-state index contributed by atoms with van der Waals surface area (Å²) in [6, 6.07) is 14.8. The first-order chi connectivity index (χ1) is 12.0. The molecule has 0 N–H and O–H groups in total. The summed E-state index contributed by atoms with van der Waals surface area (Å²) >= 11 is 1.21. The predicted molar refractivity (Wildman–Crippen MR) is 99.4 cm³/mol. The van der Waals surface area contributed by atoms with Gasteiger partial charge in [-0.05, 0) is 38.1 Å². The summed E-state index contributed by atoms with van der Waals surface area (Å²) < 4.78 is 6.34. The van der Waals surface area contributed by atoms with E-state index >= 15 is 0 Å². The smallest absolute Gasteiger partial charge is 0.318 e. The molecular formula is C19H18N2O3S. The van der Waals surface area contributed by atoms with Gasteiger partial charge in [0.25, 0.3) is 5.56 Å². The highest BCUT2D eigenvalue weighted by Crippen LogP contribution is 2.25. The number of esters is 1. The fourth-order valence-corrected chi connectivity index (χ4v) is 3.44. The lowest BCUT2D eigenvalue weighted by Crippen LogP contribution is -2.24. The van der Waals surface area contributed by atoms with E-state index in [9.17, 15) is 9.59 Å². The molecular weight excluding hydrogens is 336 g/mol. The summed E-state index contributed by atoms with van der Waals surface area (Å²) in [6.07, 6.45) is 0. The number of aryl methyl sites for hydroxylation is 1. The van der Waals surface area contributed by atoms with Gasteiger partial charge in [0.1, 0.15) is 5.25 Å². The van der Waals surface area contributed by atoms with Gasteiger partial charge in [0.2, 0.25) is 0 Å². The van der Waals surface area contributed by atoms with Crippen molar-refractivity contribution in [1.29, 1.82) is 0 Å². The number of hydrogen-bond donors (Lipinski definition) is 0. The predicted octanol–water partition coefficient (Wildman–Crippen LogP) is 3.35. The van der Waals surface area contributed by atoms with Crippen molar-refractivity contribution in [2.75, 3.05) is 7.11 Å². The minimum Gasteiger partial charge on any atom is -0.468 e. The molecule has 0 radical (unpaired) electrons. The minimum absolute atomic E-state index is 0.158. The van der Waals surface area contributed by atoms with Crippen molar-refractivity contribution in [3.63, 3.8) is 0 Å². The van der Waals surface area contributed by atoms with E-state index in [2.05, 4.69) is 4.98 Å². The first kappa shape index (κ1) is 17.2. The molecule has 1 heterocycles. The van der Waals surface area contributed by atoms with E-state index in [1.807, 2.05) is 43.3 Å². The van der Waals surface area contributed by atoms with Crippen LogP contribution in [0.15, 0.2) is 58.5 Å². The van der Waals surface area contributed by atoms with Crippen molar-refractivity contribution in [2.45, 2.75) is 24.3 Å². The lowest BCUT2D eigenvalue weighted by Gasteiger charge is -2.15. The molecule has 0 saturated heterocycles. The Balaban J connectivity index is 2.22. The van der Waals surface area contributed by atoms with Gasteiger partial charge in [-0.2, -0.15) is 0 Å². The average Bonchev–Trinajstić information content (AvgIpc) is 2.62. The molecule has 0 saturated carbocycles. The first-order valence-corrected chi connectivity index (χ1v) is 8.72. The zero-order chi connectivity index (χ0) is 18.0. The number of carbonyl (C=O) groups excluding carboxylic acids is 1. The molecule has 1 aromatic heterocycles. The van der Waals surface area contributed by atoms with Crippen molar-refractivity contribution >= 4 is 28.6 Å². The van der Waals surface area contributed by atoms with E-state index in [1.165, 1.54) is 18.9 Å². The molecule has 0 aliphatic rings. The number of benzene rings is 2. The molecule has 0 unspecified atom stereocenters. The van der Waals surface area contributed by atoms with Gasteiger partial charge in [-0.25, -0.2) is 4.98 Å². The Kier molecular flexibility index (Phi) is 4.90. The number of aromatic nitrogens is 2. The van der Waals surface area contributed by atoms with Crippen molar-refractivity contribution < 1.29 is 9.53 Å². The standard InChI is InChI=1S/C19H18N2O3S/c1-12-8-10-14(11-9-12)21-17(22)15-6-4-5-7-16(15)20-19(21)25-13(2)18(23)24-3/h4-11,13H,1-3H3/t13-/m0/s1. The second-order valence-corrected chi connectivity index (χ2v) is 6.98. The van der Waals surface area contributed by atoms with Crippen LogP contribution in [-0.4, -0.2) is 27.9 Å². The van der Waals surface area contributed by atoms with E-state index < -0.39 is 5.25 Å². The molecule has 0 aliphatic carbocycles. The van der Waals surface area contributed by atoms with Crippen LogP contribution < -0.4 is 5.56 Å². The number of rotatable bonds is 4. The van der Waals surface area contributed by atoms with Gasteiger partial charge in [-0.3, -0.25) is 14.2 Å². The number of hydrogen-bond acceptors (Lipinski definition) is 5. The number of methoxy groups -OCH3 is 1. The SMILES string of the molecule is COC(=O)[C@H](C)Sc1nc2ccccc2c(=O)n1-c1ccc(C)cc1. The van der Waals surface area contributed by atoms with Crippen LogP contribution in [-0.2, 0) is 9.53 Å². The zero-order valence-electron chi connectivity index (χ0n) is 14.2. The van der Waals surface area contributed by atoms with E-state index in [-0.39, 0.29) is 11.5 Å². The van der Waals surface area contributed by atoms with E-state index in [0.29, 0.717) is 21.7 Å². The third-order valence-corrected chi connectivity index (χ3v) is 4.88. The number of fused-ring (bicyclic) bond motifs is 1. The molecule has 3 aromatic rings. The van der Waals surface area contributed by atoms with E-state index in [0.717, 1.165) is 5.56 Å². The van der Waals surface area contributed by atoms with Gasteiger partial charge in [0, 0.05) is 0 Å². The number of para-hydroxylation sites is 1. The Morgan fingerprint density at radius 1 is 1.16 bits per heavy atom. The normalized spacial score (nSPS) is 12.1. The van der Waals surface area contributed by atoms with Gasteiger partial charge in [0.15, 0.2) is 5.16 Å².